The van der Waals surface area contributed by atoms with Crippen molar-refractivity contribution in [3.8, 4) is 0 Å². The van der Waals surface area contributed by atoms with Gasteiger partial charge in [-0.15, -0.1) is 11.7 Å². The lowest BCUT2D eigenvalue weighted by Crippen LogP contribution is -2.35. The first kappa shape index (κ1) is 14.6. The van der Waals surface area contributed by atoms with Crippen molar-refractivity contribution in [1.29, 1.82) is 0 Å². The number of hydrogen-bond acceptors (Lipinski definition) is 4. The second-order valence-electron chi connectivity index (χ2n) is 5.31. The molecular weight excluding hydrogens is 224 g/mol. The van der Waals surface area contributed by atoms with Crippen LogP contribution in [-0.2, 0) is 6.54 Å². The lowest BCUT2D eigenvalue weighted by molar-refractivity contribution is 0.420. The first-order chi connectivity index (χ1) is 8.46. The normalized spacial score (nSPS) is 11.3. The number of anilines is 1. The smallest absolute Gasteiger partial charge is 0.151 e. The quantitative estimate of drug-likeness (QED) is 0.785. The second kappa shape index (κ2) is 6.50. The van der Waals surface area contributed by atoms with Crippen LogP contribution in [0, 0.1) is 0 Å². The van der Waals surface area contributed by atoms with Gasteiger partial charge in [-0.05, 0) is 39.8 Å². The molecule has 4 nitrogen and oxygen atoms in total. The molecule has 0 amide bonds. The molecular formula is C14H24N4. The minimum Gasteiger partial charge on any atom is -0.352 e. The fourth-order valence-electron chi connectivity index (χ4n) is 1.51. The molecule has 1 N–H and O–H groups in total. The Morgan fingerprint density at radius 1 is 1.33 bits per heavy atom. The molecule has 0 aliphatic rings. The third-order valence-electron chi connectivity index (χ3n) is 2.56. The number of rotatable bonds is 6. The molecule has 0 radical (unpaired) electrons. The monoisotopic (exact) mass is 248 g/mol. The number of nitrogens with zero attached hydrogens (tertiary/aromatic N) is 3. The molecule has 1 rings (SSSR count). The molecule has 18 heavy (non-hydrogen) atoms. The van der Waals surface area contributed by atoms with Gasteiger partial charge < -0.3 is 10.2 Å². The number of aromatic nitrogens is 2. The van der Waals surface area contributed by atoms with Crippen LogP contribution in [0.15, 0.2) is 24.8 Å². The van der Waals surface area contributed by atoms with Gasteiger partial charge in [0.2, 0.25) is 0 Å². The van der Waals surface area contributed by atoms with Crippen molar-refractivity contribution in [3.05, 3.63) is 30.5 Å². The van der Waals surface area contributed by atoms with Crippen LogP contribution in [0.2, 0.25) is 0 Å². The Balaban J connectivity index is 2.64. The predicted octanol–water partition coefficient (Wildman–Crippen LogP) is 2.38. The van der Waals surface area contributed by atoms with Gasteiger partial charge in [0, 0.05) is 25.2 Å². The van der Waals surface area contributed by atoms with Gasteiger partial charge in [0.05, 0.1) is 5.69 Å². The molecule has 0 aliphatic carbocycles. The Morgan fingerprint density at radius 3 is 2.50 bits per heavy atom. The number of nitrogens with one attached hydrogen (secondary N) is 1. The Labute approximate surface area is 110 Å². The van der Waals surface area contributed by atoms with Gasteiger partial charge in [0.1, 0.15) is 0 Å². The average molecular weight is 248 g/mol. The molecule has 1 heterocycles. The highest BCUT2D eigenvalue weighted by Gasteiger charge is 2.10. The maximum atomic E-state index is 4.26. The van der Waals surface area contributed by atoms with Gasteiger partial charge >= 0.3 is 0 Å². The summed E-state index contributed by atoms with van der Waals surface area (Å²) in [7, 11) is 0. The Bertz CT molecular complexity index is 364. The van der Waals surface area contributed by atoms with Gasteiger partial charge in [0.25, 0.3) is 0 Å². The second-order valence-corrected chi connectivity index (χ2v) is 5.31. The highest BCUT2D eigenvalue weighted by molar-refractivity contribution is 5.37. The maximum Gasteiger partial charge on any atom is 0.151 e. The van der Waals surface area contributed by atoms with Gasteiger partial charge in [-0.2, -0.15) is 5.10 Å². The minimum absolute atomic E-state index is 0.0959. The van der Waals surface area contributed by atoms with E-state index in [-0.39, 0.29) is 5.54 Å². The van der Waals surface area contributed by atoms with Crippen molar-refractivity contribution in [1.82, 2.24) is 15.5 Å². The summed E-state index contributed by atoms with van der Waals surface area (Å²) in [6, 6.07) is 4.03. The van der Waals surface area contributed by atoms with E-state index in [9.17, 15) is 0 Å². The number of hydrogen-bond donors (Lipinski definition) is 1. The van der Waals surface area contributed by atoms with Gasteiger partial charge in [-0.1, -0.05) is 6.08 Å². The van der Waals surface area contributed by atoms with Gasteiger partial charge in [-0.3, -0.25) is 0 Å². The molecule has 0 unspecified atom stereocenters. The van der Waals surface area contributed by atoms with Crippen LogP contribution in [0.3, 0.4) is 0 Å². The Kier molecular flexibility index (Phi) is 5.28. The van der Waals surface area contributed by atoms with E-state index in [1.165, 1.54) is 0 Å². The highest BCUT2D eigenvalue weighted by Crippen LogP contribution is 2.09. The molecule has 0 bridgehead atoms. The van der Waals surface area contributed by atoms with Crippen molar-refractivity contribution in [2.45, 2.75) is 39.8 Å². The molecule has 0 spiro atoms. The first-order valence-corrected chi connectivity index (χ1v) is 6.39. The van der Waals surface area contributed by atoms with Crippen LogP contribution >= 0.6 is 0 Å². The molecule has 0 saturated carbocycles. The highest BCUT2D eigenvalue weighted by atomic mass is 15.3. The van der Waals surface area contributed by atoms with E-state index in [0.29, 0.717) is 0 Å². The third kappa shape index (κ3) is 4.84. The van der Waals surface area contributed by atoms with E-state index < -0.39 is 0 Å². The SMILES string of the molecule is C=CCN(CC)c1ccc(CNC(C)(C)C)nn1. The third-order valence-corrected chi connectivity index (χ3v) is 2.56. The van der Waals surface area contributed by atoms with Crippen molar-refractivity contribution < 1.29 is 0 Å². The summed E-state index contributed by atoms with van der Waals surface area (Å²) in [6.45, 7) is 14.7. The summed E-state index contributed by atoms with van der Waals surface area (Å²) in [5.74, 6) is 0.900. The summed E-state index contributed by atoms with van der Waals surface area (Å²) >= 11 is 0. The summed E-state index contributed by atoms with van der Waals surface area (Å²) in [5.41, 5.74) is 1.06. The van der Waals surface area contributed by atoms with Crippen LogP contribution in [0.25, 0.3) is 0 Å². The van der Waals surface area contributed by atoms with Crippen LogP contribution in [0.4, 0.5) is 5.82 Å². The Hall–Kier alpha value is -1.42. The largest absolute Gasteiger partial charge is 0.352 e. The molecule has 100 valence electrons. The lowest BCUT2D eigenvalue weighted by atomic mass is 10.1. The molecule has 0 aliphatic heterocycles. The standard InChI is InChI=1S/C14H24N4/c1-6-10-18(7-2)13-9-8-12(16-17-13)11-15-14(3,4)5/h6,8-9,15H,1,7,10-11H2,2-5H3. The van der Waals surface area contributed by atoms with Crippen molar-refractivity contribution in [2.24, 2.45) is 0 Å². The summed E-state index contributed by atoms with van der Waals surface area (Å²) in [4.78, 5) is 2.13. The van der Waals surface area contributed by atoms with Gasteiger partial charge in [-0.25, -0.2) is 0 Å². The minimum atomic E-state index is 0.0959. The molecule has 0 fully saturated rings. The average Bonchev–Trinajstić information content (AvgIpc) is 2.33. The molecule has 4 heteroatoms. The molecule has 0 atom stereocenters. The predicted molar refractivity (Wildman–Crippen MR) is 76.7 cm³/mol. The summed E-state index contributed by atoms with van der Waals surface area (Å²) in [5, 5.41) is 11.9. The molecule has 0 saturated heterocycles. The van der Waals surface area contributed by atoms with E-state index in [0.717, 1.165) is 31.1 Å². The number of likely N-dealkylation sites (N-methyl/N-ethyl adjacent to an activating group) is 1. The van der Waals surface area contributed by atoms with Crippen LogP contribution in [0.5, 0.6) is 0 Å². The maximum absolute atomic E-state index is 4.26. The zero-order chi connectivity index (χ0) is 13.6. The van der Waals surface area contributed by atoms with Crippen molar-refractivity contribution >= 4 is 5.82 Å². The Morgan fingerprint density at radius 2 is 2.06 bits per heavy atom. The molecule has 0 aromatic carbocycles. The van der Waals surface area contributed by atoms with E-state index in [4.69, 9.17) is 0 Å². The fraction of sp³-hybridized carbons (Fsp3) is 0.571. The summed E-state index contributed by atoms with van der Waals surface area (Å²) in [6.07, 6.45) is 1.88. The van der Waals surface area contributed by atoms with Crippen LogP contribution in [-0.4, -0.2) is 28.8 Å². The zero-order valence-corrected chi connectivity index (χ0v) is 11.9. The van der Waals surface area contributed by atoms with E-state index in [1.54, 1.807) is 0 Å². The van der Waals surface area contributed by atoms with Crippen LogP contribution in [0.1, 0.15) is 33.4 Å². The van der Waals surface area contributed by atoms with Crippen molar-refractivity contribution in [3.63, 3.8) is 0 Å². The zero-order valence-electron chi connectivity index (χ0n) is 11.9. The lowest BCUT2D eigenvalue weighted by Gasteiger charge is -2.21. The topological polar surface area (TPSA) is 41.0 Å². The van der Waals surface area contributed by atoms with E-state index >= 15 is 0 Å². The summed E-state index contributed by atoms with van der Waals surface area (Å²) < 4.78 is 0. The molecule has 1 aromatic heterocycles. The molecule has 1 aromatic rings. The van der Waals surface area contributed by atoms with Crippen molar-refractivity contribution in [2.75, 3.05) is 18.0 Å². The van der Waals surface area contributed by atoms with Gasteiger partial charge in [0.15, 0.2) is 5.82 Å². The van der Waals surface area contributed by atoms with E-state index in [2.05, 4.69) is 54.7 Å². The van der Waals surface area contributed by atoms with Crippen LogP contribution < -0.4 is 10.2 Å². The van der Waals surface area contributed by atoms with E-state index in [1.807, 2.05) is 18.2 Å². The fourth-order valence-corrected chi connectivity index (χ4v) is 1.51. The first-order valence-electron chi connectivity index (χ1n) is 6.39.